The van der Waals surface area contributed by atoms with Crippen LogP contribution in [0, 0.1) is 6.92 Å². The van der Waals surface area contributed by atoms with Crippen molar-refractivity contribution in [3.05, 3.63) is 30.0 Å². The number of nitrogens with one attached hydrogen (secondary N) is 2. The van der Waals surface area contributed by atoms with Gasteiger partial charge in [-0.25, -0.2) is 0 Å². The summed E-state index contributed by atoms with van der Waals surface area (Å²) in [6.45, 7) is 1.92. The third kappa shape index (κ3) is 1.70. The number of aryl methyl sites for hydroxylation is 1. The van der Waals surface area contributed by atoms with Gasteiger partial charge in [-0.2, -0.15) is 0 Å². The van der Waals surface area contributed by atoms with Gasteiger partial charge in [-0.15, -0.1) is 0 Å². The maximum Gasteiger partial charge on any atom is 0.0747 e. The van der Waals surface area contributed by atoms with E-state index < -0.39 is 0 Å². The summed E-state index contributed by atoms with van der Waals surface area (Å²) in [4.78, 5) is 4.40. The minimum atomic E-state index is 0.823. The van der Waals surface area contributed by atoms with E-state index in [0.29, 0.717) is 0 Å². The zero-order chi connectivity index (χ0) is 10.8. The number of nitrogens with two attached hydrogens (primary N) is 2. The lowest BCUT2D eigenvalue weighted by Crippen LogP contribution is -2.09. The third-order valence-corrected chi connectivity index (χ3v) is 2.26. The monoisotopic (exact) mass is 203 g/mol. The Labute approximate surface area is 87.4 Å². The van der Waals surface area contributed by atoms with Crippen molar-refractivity contribution in [2.75, 3.05) is 10.9 Å². The Bertz CT molecular complexity index is 494. The van der Waals surface area contributed by atoms with Crippen molar-refractivity contribution in [1.82, 2.24) is 4.98 Å². The van der Waals surface area contributed by atoms with Gasteiger partial charge in [-0.1, -0.05) is 0 Å². The standard InChI is InChI=1S/C10H13N5/c1-6-4-10(15-12)8-3-2-7(14-11)5-9(8)13-6/h2-5,14H,11-12H2,1H3,(H,13,15). The van der Waals surface area contributed by atoms with Crippen LogP contribution in [0.4, 0.5) is 11.4 Å². The Balaban J connectivity index is 2.72. The van der Waals surface area contributed by atoms with E-state index in [9.17, 15) is 0 Å². The van der Waals surface area contributed by atoms with Crippen molar-refractivity contribution < 1.29 is 0 Å². The van der Waals surface area contributed by atoms with Gasteiger partial charge >= 0.3 is 0 Å². The van der Waals surface area contributed by atoms with Crippen molar-refractivity contribution in [2.24, 2.45) is 11.7 Å². The fourth-order valence-corrected chi connectivity index (χ4v) is 1.57. The molecule has 0 radical (unpaired) electrons. The van der Waals surface area contributed by atoms with Crippen LogP contribution in [0.25, 0.3) is 10.9 Å². The molecule has 0 amide bonds. The van der Waals surface area contributed by atoms with Gasteiger partial charge in [-0.05, 0) is 31.2 Å². The molecule has 5 nitrogen and oxygen atoms in total. The largest absolute Gasteiger partial charge is 0.324 e. The topological polar surface area (TPSA) is 89.0 Å². The molecule has 0 aliphatic carbocycles. The van der Waals surface area contributed by atoms with Crippen LogP contribution in [0.5, 0.6) is 0 Å². The smallest absolute Gasteiger partial charge is 0.0747 e. The maximum absolute atomic E-state index is 5.44. The molecule has 1 heterocycles. The molecule has 5 heteroatoms. The number of nitrogens with zero attached hydrogens (tertiary/aromatic N) is 1. The van der Waals surface area contributed by atoms with E-state index in [1.54, 1.807) is 0 Å². The van der Waals surface area contributed by atoms with Crippen LogP contribution in [-0.2, 0) is 0 Å². The molecular formula is C10H13N5. The highest BCUT2D eigenvalue weighted by molar-refractivity contribution is 5.93. The zero-order valence-corrected chi connectivity index (χ0v) is 8.41. The lowest BCUT2D eigenvalue weighted by atomic mass is 10.1. The molecule has 0 unspecified atom stereocenters. The fourth-order valence-electron chi connectivity index (χ4n) is 1.57. The molecule has 0 saturated carbocycles. The first kappa shape index (κ1) is 9.70. The first-order valence-electron chi connectivity index (χ1n) is 4.59. The molecule has 0 bridgehead atoms. The first-order valence-corrected chi connectivity index (χ1v) is 4.59. The highest BCUT2D eigenvalue weighted by Gasteiger charge is 2.03. The van der Waals surface area contributed by atoms with Crippen molar-refractivity contribution in [2.45, 2.75) is 6.92 Å². The van der Waals surface area contributed by atoms with E-state index in [0.717, 1.165) is 28.0 Å². The number of hydrogen-bond donors (Lipinski definition) is 4. The molecule has 2 rings (SSSR count). The van der Waals surface area contributed by atoms with Crippen molar-refractivity contribution in [1.29, 1.82) is 0 Å². The van der Waals surface area contributed by atoms with Crippen LogP contribution >= 0.6 is 0 Å². The van der Waals surface area contributed by atoms with E-state index in [2.05, 4.69) is 15.8 Å². The Morgan fingerprint density at radius 3 is 2.60 bits per heavy atom. The number of nitrogen functional groups attached to an aromatic ring is 2. The first-order chi connectivity index (χ1) is 7.24. The molecule has 0 saturated heterocycles. The second kappa shape index (κ2) is 3.72. The van der Waals surface area contributed by atoms with Crippen LogP contribution in [0.1, 0.15) is 5.69 Å². The maximum atomic E-state index is 5.44. The summed E-state index contributed by atoms with van der Waals surface area (Å²) < 4.78 is 0. The summed E-state index contributed by atoms with van der Waals surface area (Å²) in [6.07, 6.45) is 0. The normalized spacial score (nSPS) is 10.3. The second-order valence-electron chi connectivity index (χ2n) is 3.33. The number of benzene rings is 1. The predicted molar refractivity (Wildman–Crippen MR) is 62.1 cm³/mol. The minimum Gasteiger partial charge on any atom is -0.324 e. The lowest BCUT2D eigenvalue weighted by molar-refractivity contribution is 1.24. The van der Waals surface area contributed by atoms with Gasteiger partial charge < -0.3 is 10.9 Å². The van der Waals surface area contributed by atoms with Crippen molar-refractivity contribution in [3.63, 3.8) is 0 Å². The van der Waals surface area contributed by atoms with E-state index >= 15 is 0 Å². The Morgan fingerprint density at radius 1 is 1.13 bits per heavy atom. The summed E-state index contributed by atoms with van der Waals surface area (Å²) in [5, 5.41) is 0.974. The number of pyridine rings is 1. The van der Waals surface area contributed by atoms with Crippen LogP contribution in [0.2, 0.25) is 0 Å². The van der Waals surface area contributed by atoms with Crippen molar-refractivity contribution >= 4 is 22.3 Å². The summed E-state index contributed by atoms with van der Waals surface area (Å²) in [6, 6.07) is 7.58. The zero-order valence-electron chi connectivity index (χ0n) is 8.41. The lowest BCUT2D eigenvalue weighted by Gasteiger charge is -2.08. The quantitative estimate of drug-likeness (QED) is 0.434. The summed E-state index contributed by atoms with van der Waals surface area (Å²) in [5.74, 6) is 10.8. The number of hydrogen-bond acceptors (Lipinski definition) is 5. The molecule has 78 valence electrons. The van der Waals surface area contributed by atoms with Crippen molar-refractivity contribution in [3.8, 4) is 0 Å². The SMILES string of the molecule is Cc1cc(NN)c2ccc(NN)cc2n1. The van der Waals surface area contributed by atoms with Crippen LogP contribution in [0.3, 0.4) is 0 Å². The average molecular weight is 203 g/mol. The highest BCUT2D eigenvalue weighted by Crippen LogP contribution is 2.24. The van der Waals surface area contributed by atoms with Crippen LogP contribution < -0.4 is 22.5 Å². The van der Waals surface area contributed by atoms with E-state index in [1.165, 1.54) is 0 Å². The van der Waals surface area contributed by atoms with Gasteiger partial charge in [0.1, 0.15) is 0 Å². The van der Waals surface area contributed by atoms with Gasteiger partial charge in [0.05, 0.1) is 16.9 Å². The second-order valence-corrected chi connectivity index (χ2v) is 3.33. The van der Waals surface area contributed by atoms with Crippen LogP contribution in [0.15, 0.2) is 24.3 Å². The Kier molecular flexibility index (Phi) is 2.40. The number of anilines is 2. The third-order valence-electron chi connectivity index (χ3n) is 2.26. The molecule has 0 aliphatic rings. The predicted octanol–water partition coefficient (Wildman–Crippen LogP) is 1.11. The molecule has 1 aromatic carbocycles. The van der Waals surface area contributed by atoms with E-state index in [4.69, 9.17) is 11.7 Å². The highest BCUT2D eigenvalue weighted by atomic mass is 15.2. The molecule has 0 fully saturated rings. The molecule has 1 aromatic heterocycles. The summed E-state index contributed by atoms with van der Waals surface area (Å²) in [5.41, 5.74) is 8.69. The number of rotatable bonds is 2. The summed E-state index contributed by atoms with van der Waals surface area (Å²) >= 11 is 0. The molecule has 0 spiro atoms. The van der Waals surface area contributed by atoms with E-state index in [-0.39, 0.29) is 0 Å². The number of fused-ring (bicyclic) bond motifs is 1. The number of aromatic nitrogens is 1. The molecule has 0 atom stereocenters. The van der Waals surface area contributed by atoms with Gasteiger partial charge in [-0.3, -0.25) is 16.7 Å². The fraction of sp³-hybridized carbons (Fsp3) is 0.100. The Morgan fingerprint density at radius 2 is 1.93 bits per heavy atom. The van der Waals surface area contributed by atoms with Gasteiger partial charge in [0.25, 0.3) is 0 Å². The molecule has 6 N–H and O–H groups in total. The molecular weight excluding hydrogens is 190 g/mol. The minimum absolute atomic E-state index is 0.823. The van der Waals surface area contributed by atoms with Gasteiger partial charge in [0.2, 0.25) is 0 Å². The Hall–Kier alpha value is -1.85. The van der Waals surface area contributed by atoms with Crippen LogP contribution in [-0.4, -0.2) is 4.98 Å². The van der Waals surface area contributed by atoms with Gasteiger partial charge in [0.15, 0.2) is 0 Å². The molecule has 0 aliphatic heterocycles. The molecule has 2 aromatic rings. The number of hydrazine groups is 2. The summed E-state index contributed by atoms with van der Waals surface area (Å²) in [7, 11) is 0. The van der Waals surface area contributed by atoms with E-state index in [1.807, 2.05) is 31.2 Å². The molecule has 15 heavy (non-hydrogen) atoms. The van der Waals surface area contributed by atoms with Gasteiger partial charge in [0, 0.05) is 11.1 Å². The average Bonchev–Trinajstić information content (AvgIpc) is 2.26.